The standard InChI is InChI=1S/C63H49N8S/c1-41-28-34-69(35-29-41)49-14-6-45(7-15-49)61-54-22-20-52(65-54)60(44-4-12-48(13-5-44)64-40-72)53-21-23-55(66-53)62(46-8-16-50(17-9-46)70-36-30-42(2)31-37-70)57-25-27-59(68-57)63(58-26-24-56(61)67-58)47-10-18-51(19-11-47)71-38-32-43(3)33-39-71/h4-39,65-68H,1-3H3/q+3. The van der Waals surface area contributed by atoms with E-state index in [0.29, 0.717) is 0 Å². The van der Waals surface area contributed by atoms with E-state index in [1.54, 1.807) is 0 Å². The average Bonchev–Trinajstić information content (AvgIpc) is 4.27. The highest BCUT2D eigenvalue weighted by Crippen LogP contribution is 2.29. The van der Waals surface area contributed by atoms with Crippen molar-refractivity contribution >= 4 is 45.4 Å². The molecular formula is C63H49N8S+3. The van der Waals surface area contributed by atoms with Crippen LogP contribution < -0.4 is 35.1 Å². The fourth-order valence-corrected chi connectivity index (χ4v) is 9.85. The van der Waals surface area contributed by atoms with Gasteiger partial charge in [-0.05, 0) is 169 Å². The van der Waals surface area contributed by atoms with Gasteiger partial charge in [-0.25, -0.2) is 0 Å². The number of rotatable bonds is 8. The fraction of sp³-hybridized carbons (Fsp3) is 0.0476. The van der Waals surface area contributed by atoms with Gasteiger partial charge in [0.1, 0.15) is 0 Å². The molecule has 11 aromatic rings. The van der Waals surface area contributed by atoms with Gasteiger partial charge in [-0.15, -0.1) is 0 Å². The van der Waals surface area contributed by atoms with E-state index in [-0.39, 0.29) is 0 Å². The molecule has 0 saturated heterocycles. The van der Waals surface area contributed by atoms with Crippen LogP contribution in [0, 0.1) is 20.8 Å². The van der Waals surface area contributed by atoms with Crippen molar-refractivity contribution in [2.24, 2.45) is 4.99 Å². The summed E-state index contributed by atoms with van der Waals surface area (Å²) in [5, 5.41) is 6.39. The van der Waals surface area contributed by atoms with Gasteiger partial charge in [0, 0.05) is 139 Å². The molecule has 0 fully saturated rings. The SMILES string of the molecule is Cc1cc[n+](-c2ccc(C3=c4ccc([nH]4)=C(c4ccc(N=C=S)cc4)c4ccc([nH]4)C(c4ccc(-[n+]5ccc(C)cc5)cc4)=c4ccc([nH]4)=C(c4ccc(-[n+]5ccc(C)cc5)cc4)c4ccc3[nH]4)cc2)cc1. The number of isothiocyanates is 1. The molecule has 0 amide bonds. The summed E-state index contributed by atoms with van der Waals surface area (Å²) >= 11 is 4.97. The van der Waals surface area contributed by atoms with Crippen LogP contribution in [0.2, 0.25) is 0 Å². The number of aromatic amines is 4. The van der Waals surface area contributed by atoms with Crippen molar-refractivity contribution in [2.75, 3.05) is 0 Å². The largest absolute Gasteiger partial charge is 0.354 e. The zero-order valence-electron chi connectivity index (χ0n) is 40.0. The van der Waals surface area contributed by atoms with E-state index in [9.17, 15) is 0 Å². The van der Waals surface area contributed by atoms with Gasteiger partial charge in [0.25, 0.3) is 0 Å². The summed E-state index contributed by atoms with van der Waals surface area (Å²) in [5.74, 6) is 0. The molecule has 7 aromatic heterocycles. The van der Waals surface area contributed by atoms with Gasteiger partial charge in [0.05, 0.1) is 10.8 Å². The number of H-pyrrole nitrogens is 4. The Bertz CT molecular complexity index is 4110. The second kappa shape index (κ2) is 18.6. The normalized spacial score (nSPS) is 12.3. The highest BCUT2D eigenvalue weighted by molar-refractivity contribution is 7.78. The molecule has 1 aliphatic heterocycles. The summed E-state index contributed by atoms with van der Waals surface area (Å²) in [4.78, 5) is 20.0. The molecule has 0 unspecified atom stereocenters. The zero-order valence-corrected chi connectivity index (χ0v) is 40.8. The Morgan fingerprint density at radius 2 is 0.583 bits per heavy atom. The lowest BCUT2D eigenvalue weighted by Gasteiger charge is -2.10. The molecule has 0 radical (unpaired) electrons. The van der Waals surface area contributed by atoms with Crippen molar-refractivity contribution in [3.8, 4) is 17.1 Å². The minimum atomic E-state index is 0.745. The molecule has 0 atom stereocenters. The Morgan fingerprint density at radius 1 is 0.319 bits per heavy atom. The van der Waals surface area contributed by atoms with E-state index < -0.39 is 0 Å². The van der Waals surface area contributed by atoms with Crippen molar-refractivity contribution < 1.29 is 13.7 Å². The van der Waals surface area contributed by atoms with E-state index >= 15 is 0 Å². The Labute approximate surface area is 422 Å². The second-order valence-corrected chi connectivity index (χ2v) is 18.6. The maximum Gasteiger partial charge on any atom is 0.210 e. The molecule has 4 aromatic carbocycles. The number of hydrogen-bond acceptors (Lipinski definition) is 2. The van der Waals surface area contributed by atoms with Crippen molar-refractivity contribution in [3.05, 3.63) is 302 Å². The van der Waals surface area contributed by atoms with Crippen molar-refractivity contribution in [1.82, 2.24) is 19.9 Å². The van der Waals surface area contributed by atoms with E-state index in [4.69, 9.17) is 12.2 Å². The van der Waals surface area contributed by atoms with Gasteiger partial charge in [-0.1, -0.05) is 12.1 Å². The van der Waals surface area contributed by atoms with Crippen LogP contribution in [0.5, 0.6) is 0 Å². The van der Waals surface area contributed by atoms with Gasteiger partial charge in [0.15, 0.2) is 37.2 Å². The molecule has 72 heavy (non-hydrogen) atoms. The zero-order chi connectivity index (χ0) is 48.7. The van der Waals surface area contributed by atoms with Crippen molar-refractivity contribution in [1.29, 1.82) is 0 Å². The Morgan fingerprint density at radius 3 is 0.847 bits per heavy atom. The highest BCUT2D eigenvalue weighted by atomic mass is 32.1. The lowest BCUT2D eigenvalue weighted by Crippen LogP contribution is -2.29. The summed E-state index contributed by atoms with van der Waals surface area (Å²) in [6, 6.07) is 64.9. The van der Waals surface area contributed by atoms with Gasteiger partial charge in [-0.3, -0.25) is 0 Å². The molecule has 12 rings (SSSR count). The van der Waals surface area contributed by atoms with E-state index in [2.05, 4.69) is 272 Å². The third-order valence-electron chi connectivity index (χ3n) is 13.6. The third-order valence-corrected chi connectivity index (χ3v) is 13.7. The molecule has 4 N–H and O–H groups in total. The lowest BCUT2D eigenvalue weighted by atomic mass is 10.0. The number of nitrogens with zero attached hydrogens (tertiary/aromatic N) is 4. The molecule has 1 aliphatic rings. The second-order valence-electron chi connectivity index (χ2n) is 18.4. The van der Waals surface area contributed by atoms with Crippen LogP contribution in [-0.2, 0) is 0 Å². The average molecular weight is 950 g/mol. The first-order valence-electron chi connectivity index (χ1n) is 24.0. The van der Waals surface area contributed by atoms with Crippen molar-refractivity contribution in [2.45, 2.75) is 20.8 Å². The number of aliphatic imine (C=N–C) groups is 1. The van der Waals surface area contributed by atoms with Crippen LogP contribution in [0.3, 0.4) is 0 Å². The quantitative estimate of drug-likeness (QED) is 0.0686. The molecule has 344 valence electrons. The fourth-order valence-electron chi connectivity index (χ4n) is 9.75. The Kier molecular flexibility index (Phi) is 11.3. The number of aromatic nitrogens is 7. The number of thiocarbonyl (C=S) groups is 1. The molecule has 8 bridgehead atoms. The highest BCUT2D eigenvalue weighted by Gasteiger charge is 2.20. The van der Waals surface area contributed by atoms with E-state index in [1.807, 2.05) is 12.1 Å². The first kappa shape index (κ1) is 44.0. The number of fused-ring (bicyclic) bond motifs is 8. The Balaban J connectivity index is 1.12. The summed E-state index contributed by atoms with van der Waals surface area (Å²) < 4.78 is 6.44. The van der Waals surface area contributed by atoms with Crippen LogP contribution in [-0.4, -0.2) is 25.1 Å². The van der Waals surface area contributed by atoms with E-state index in [1.165, 1.54) is 16.7 Å². The predicted octanol–water partition coefficient (Wildman–Crippen LogP) is 8.79. The first-order chi connectivity index (χ1) is 35.3. The van der Waals surface area contributed by atoms with Crippen LogP contribution in [0.4, 0.5) is 5.69 Å². The molecule has 8 nitrogen and oxygen atoms in total. The maximum atomic E-state index is 4.97. The number of hydrogen-bond donors (Lipinski definition) is 4. The number of aryl methyl sites for hydroxylation is 3. The topological polar surface area (TPSA) is 87.2 Å². The van der Waals surface area contributed by atoms with Gasteiger partial charge in [-0.2, -0.15) is 18.7 Å². The molecule has 8 heterocycles. The molecule has 0 saturated carbocycles. The van der Waals surface area contributed by atoms with Crippen LogP contribution in [0.1, 0.15) is 61.7 Å². The molecule has 0 spiro atoms. The summed E-state index contributed by atoms with van der Waals surface area (Å²) in [6.45, 7) is 6.33. The monoisotopic (exact) mass is 949 g/mol. The number of benzene rings is 4. The Hall–Kier alpha value is -9.27. The predicted molar refractivity (Wildman–Crippen MR) is 287 cm³/mol. The van der Waals surface area contributed by atoms with Crippen LogP contribution >= 0.6 is 12.2 Å². The summed E-state index contributed by atoms with van der Waals surface area (Å²) in [6.07, 6.45) is 12.6. The number of pyridine rings is 3. The third kappa shape index (κ3) is 8.49. The smallest absolute Gasteiger partial charge is 0.210 e. The maximum absolute atomic E-state index is 4.97. The van der Waals surface area contributed by atoms with Gasteiger partial charge >= 0.3 is 0 Å². The van der Waals surface area contributed by atoms with Gasteiger partial charge in [0.2, 0.25) is 17.1 Å². The minimum absolute atomic E-state index is 0.745. The summed E-state index contributed by atoms with van der Waals surface area (Å²) in [7, 11) is 0. The first-order valence-corrected chi connectivity index (χ1v) is 24.4. The molecule has 9 heteroatoms. The van der Waals surface area contributed by atoms with E-state index in [0.717, 1.165) is 111 Å². The number of nitrogens with one attached hydrogen (secondary N) is 4. The molecular weight excluding hydrogens is 901 g/mol. The summed E-state index contributed by atoms with van der Waals surface area (Å²) in [5.41, 5.74) is 19.9. The van der Waals surface area contributed by atoms with Gasteiger partial charge < -0.3 is 19.9 Å². The minimum Gasteiger partial charge on any atom is -0.354 e. The van der Waals surface area contributed by atoms with Crippen molar-refractivity contribution in [3.63, 3.8) is 0 Å². The van der Waals surface area contributed by atoms with Crippen LogP contribution in [0.25, 0.3) is 39.4 Å². The lowest BCUT2D eigenvalue weighted by molar-refractivity contribution is -0.596. The van der Waals surface area contributed by atoms with Crippen LogP contribution in [0.15, 0.2) is 224 Å². The molecule has 0 aliphatic carbocycles.